The summed E-state index contributed by atoms with van der Waals surface area (Å²) in [4.78, 5) is 0. The molecule has 1 aliphatic heterocycles. The number of hydrogen-bond donors (Lipinski definition) is 0. The van der Waals surface area contributed by atoms with Gasteiger partial charge in [-0.25, -0.2) is 0 Å². The van der Waals surface area contributed by atoms with Crippen molar-refractivity contribution >= 4 is 0 Å². The Balaban J connectivity index is 1.79. The molecule has 0 radical (unpaired) electrons. The first-order valence-electron chi connectivity index (χ1n) is 15.9. The fraction of sp³-hybridized carbons (Fsp3) is 0.350. The molecule has 0 spiro atoms. The second kappa shape index (κ2) is 10.3. The van der Waals surface area contributed by atoms with Crippen LogP contribution in [-0.4, -0.2) is 9.78 Å². The zero-order valence-corrected chi connectivity index (χ0v) is 27.4. The molecule has 0 N–H and O–H groups in total. The number of benzene rings is 4. The lowest BCUT2D eigenvalue weighted by Crippen LogP contribution is -2.53. The normalized spacial score (nSPS) is 19.7. The van der Waals surface area contributed by atoms with Crippen molar-refractivity contribution < 1.29 is 4.57 Å². The third kappa shape index (κ3) is 4.31. The number of aryl methyl sites for hydroxylation is 2. The first-order valence-corrected chi connectivity index (χ1v) is 15.9. The molecule has 0 saturated carbocycles. The van der Waals surface area contributed by atoms with Crippen LogP contribution in [0.15, 0.2) is 91.0 Å². The van der Waals surface area contributed by atoms with Crippen molar-refractivity contribution in [3.05, 3.63) is 113 Å². The van der Waals surface area contributed by atoms with E-state index in [1.54, 1.807) is 0 Å². The highest BCUT2D eigenvalue weighted by Crippen LogP contribution is 2.53. The van der Waals surface area contributed by atoms with Crippen LogP contribution >= 0.6 is 0 Å². The molecule has 0 aliphatic carbocycles. The largest absolute Gasteiger partial charge is 0.314 e. The van der Waals surface area contributed by atoms with E-state index in [2.05, 4.69) is 163 Å². The number of aromatic nitrogens is 3. The Labute approximate surface area is 258 Å². The molecular weight excluding hydrogens is 522 g/mol. The van der Waals surface area contributed by atoms with Crippen molar-refractivity contribution in [2.45, 2.75) is 91.5 Å². The lowest BCUT2D eigenvalue weighted by atomic mass is 9.61. The third-order valence-electron chi connectivity index (χ3n) is 10.5. The van der Waals surface area contributed by atoms with Gasteiger partial charge in [-0.2, -0.15) is 4.57 Å². The maximum atomic E-state index is 5.68. The average molecular weight is 569 g/mol. The molecule has 1 aromatic heterocycles. The Hall–Kier alpha value is -3.98. The SMILES string of the molecule is CCC1(C)c2ccccc2-c2n(nc(-c3ccccc3-c3ccccc3)[n+]2-c2c(C)cc(C(C)(C)C)cc2C)C1(C)CC. The molecule has 2 heterocycles. The second-order valence-corrected chi connectivity index (χ2v) is 13.9. The van der Waals surface area contributed by atoms with Crippen molar-refractivity contribution in [2.75, 3.05) is 0 Å². The van der Waals surface area contributed by atoms with Gasteiger partial charge in [0, 0.05) is 10.5 Å². The van der Waals surface area contributed by atoms with E-state index in [0.717, 1.165) is 24.2 Å². The topological polar surface area (TPSA) is 21.7 Å². The molecule has 1 aliphatic rings. The summed E-state index contributed by atoms with van der Waals surface area (Å²) >= 11 is 0. The van der Waals surface area contributed by atoms with Gasteiger partial charge in [0.05, 0.1) is 11.1 Å². The summed E-state index contributed by atoms with van der Waals surface area (Å²) in [5.41, 5.74) is 11.1. The Morgan fingerprint density at radius 3 is 1.86 bits per heavy atom. The summed E-state index contributed by atoms with van der Waals surface area (Å²) in [6.07, 6.45) is 2.00. The van der Waals surface area contributed by atoms with Gasteiger partial charge < -0.3 is 0 Å². The van der Waals surface area contributed by atoms with Crippen molar-refractivity contribution in [1.82, 2.24) is 9.78 Å². The van der Waals surface area contributed by atoms with E-state index in [9.17, 15) is 0 Å². The molecule has 0 saturated heterocycles. The van der Waals surface area contributed by atoms with Gasteiger partial charge in [-0.3, -0.25) is 0 Å². The van der Waals surface area contributed by atoms with E-state index < -0.39 is 0 Å². The molecule has 2 unspecified atom stereocenters. The van der Waals surface area contributed by atoms with Gasteiger partial charge in [-0.1, -0.05) is 125 Å². The fourth-order valence-corrected chi connectivity index (χ4v) is 7.43. The summed E-state index contributed by atoms with van der Waals surface area (Å²) in [5.74, 6) is 2.15. The van der Waals surface area contributed by atoms with Crippen LogP contribution < -0.4 is 4.57 Å². The number of rotatable bonds is 5. The molecule has 3 heteroatoms. The maximum Gasteiger partial charge on any atom is 0.314 e. The number of fused-ring (bicyclic) bond motifs is 3. The lowest BCUT2D eigenvalue weighted by molar-refractivity contribution is -0.574. The van der Waals surface area contributed by atoms with Crippen LogP contribution in [0.5, 0.6) is 0 Å². The Kier molecular flexibility index (Phi) is 6.99. The molecule has 3 nitrogen and oxygen atoms in total. The standard InChI is InChI=1S/C40H46N3/c1-10-39(8)34-24-18-17-23-33(34)37-42(35-27(3)25-30(26-28(35)4)38(5,6)7)36(41-43(37)40(39,9)11-2)32-22-16-15-21-31(32)29-19-13-12-14-20-29/h12-26H,10-11H2,1-9H3/q+1. The minimum atomic E-state index is -0.222. The van der Waals surface area contributed by atoms with Gasteiger partial charge in [0.15, 0.2) is 0 Å². The molecule has 220 valence electrons. The van der Waals surface area contributed by atoms with Crippen LogP contribution in [0.25, 0.3) is 39.6 Å². The molecular formula is C40H46N3+. The van der Waals surface area contributed by atoms with Gasteiger partial charge in [0.1, 0.15) is 11.2 Å². The van der Waals surface area contributed by atoms with Gasteiger partial charge in [0.25, 0.3) is 5.82 Å². The summed E-state index contributed by atoms with van der Waals surface area (Å²) in [6.45, 7) is 20.9. The van der Waals surface area contributed by atoms with Crippen LogP contribution in [0.4, 0.5) is 0 Å². The maximum absolute atomic E-state index is 5.68. The van der Waals surface area contributed by atoms with Gasteiger partial charge >= 0.3 is 5.82 Å². The zero-order valence-electron chi connectivity index (χ0n) is 27.4. The molecule has 6 rings (SSSR count). The van der Waals surface area contributed by atoms with E-state index in [1.807, 2.05) is 0 Å². The van der Waals surface area contributed by atoms with Gasteiger partial charge in [-0.05, 0) is 84.5 Å². The minimum Gasteiger partial charge on any atom is -0.189 e. The van der Waals surface area contributed by atoms with E-state index in [-0.39, 0.29) is 16.4 Å². The highest BCUT2D eigenvalue weighted by molar-refractivity contribution is 5.80. The van der Waals surface area contributed by atoms with Crippen LogP contribution in [0.1, 0.15) is 83.6 Å². The summed E-state index contributed by atoms with van der Waals surface area (Å²) < 4.78 is 4.88. The van der Waals surface area contributed by atoms with Crippen LogP contribution in [0.3, 0.4) is 0 Å². The molecule has 0 amide bonds. The fourth-order valence-electron chi connectivity index (χ4n) is 7.43. The molecule has 0 bridgehead atoms. The van der Waals surface area contributed by atoms with Crippen molar-refractivity contribution in [3.63, 3.8) is 0 Å². The average Bonchev–Trinajstić information content (AvgIpc) is 3.40. The predicted octanol–water partition coefficient (Wildman–Crippen LogP) is 9.88. The van der Waals surface area contributed by atoms with E-state index in [1.165, 1.54) is 50.5 Å². The molecule has 0 fully saturated rings. The molecule has 5 aromatic rings. The minimum absolute atomic E-state index is 0.0657. The van der Waals surface area contributed by atoms with E-state index in [4.69, 9.17) is 5.10 Å². The van der Waals surface area contributed by atoms with Crippen LogP contribution in [-0.2, 0) is 16.4 Å². The third-order valence-corrected chi connectivity index (χ3v) is 10.5. The molecule has 4 aromatic carbocycles. The quantitative estimate of drug-likeness (QED) is 0.193. The van der Waals surface area contributed by atoms with Crippen LogP contribution in [0, 0.1) is 13.8 Å². The smallest absolute Gasteiger partial charge is 0.189 e. The van der Waals surface area contributed by atoms with Crippen molar-refractivity contribution in [2.24, 2.45) is 0 Å². The first kappa shape index (κ1) is 29.1. The summed E-state index contributed by atoms with van der Waals surface area (Å²) in [6, 6.07) is 33.3. The first-order chi connectivity index (χ1) is 20.5. The van der Waals surface area contributed by atoms with Crippen molar-refractivity contribution in [3.8, 4) is 39.6 Å². The summed E-state index contributed by atoms with van der Waals surface area (Å²) in [7, 11) is 0. The lowest BCUT2D eigenvalue weighted by Gasteiger charge is -2.46. The van der Waals surface area contributed by atoms with Crippen molar-refractivity contribution in [1.29, 1.82) is 0 Å². The van der Waals surface area contributed by atoms with Gasteiger partial charge in [0.2, 0.25) is 0 Å². The predicted molar refractivity (Wildman–Crippen MR) is 180 cm³/mol. The zero-order chi connectivity index (χ0) is 30.7. The number of hydrogen-bond acceptors (Lipinski definition) is 1. The molecule has 2 atom stereocenters. The Morgan fingerprint density at radius 2 is 1.28 bits per heavy atom. The second-order valence-electron chi connectivity index (χ2n) is 13.9. The van der Waals surface area contributed by atoms with Gasteiger partial charge in [-0.15, -0.1) is 0 Å². The summed E-state index contributed by atoms with van der Waals surface area (Å²) in [5, 5.41) is 5.68. The van der Waals surface area contributed by atoms with E-state index >= 15 is 0 Å². The Bertz CT molecular complexity index is 1800. The monoisotopic (exact) mass is 568 g/mol. The molecule has 43 heavy (non-hydrogen) atoms. The highest BCUT2D eigenvalue weighted by Gasteiger charge is 2.57. The van der Waals surface area contributed by atoms with Crippen LogP contribution in [0.2, 0.25) is 0 Å². The Morgan fingerprint density at radius 1 is 0.721 bits per heavy atom. The number of nitrogens with zero attached hydrogens (tertiary/aromatic N) is 3. The van der Waals surface area contributed by atoms with E-state index in [0.29, 0.717) is 0 Å². The highest BCUT2D eigenvalue weighted by atomic mass is 15.4.